The third-order valence-corrected chi connectivity index (χ3v) is 3.78. The maximum Gasteiger partial charge on any atom is 0.228 e. The highest BCUT2D eigenvalue weighted by Gasteiger charge is 2.24. The van der Waals surface area contributed by atoms with E-state index in [9.17, 15) is 4.79 Å². The number of hydrogen-bond donors (Lipinski definition) is 2. The lowest BCUT2D eigenvalue weighted by atomic mass is 9.94. The number of carbonyl (C=O) groups excluding carboxylic acids is 1. The van der Waals surface area contributed by atoms with Gasteiger partial charge in [-0.1, -0.05) is 47.5 Å². The van der Waals surface area contributed by atoms with Crippen LogP contribution in [0.25, 0.3) is 0 Å². The molecule has 0 fully saturated rings. The monoisotopic (exact) mass is 266 g/mol. The Morgan fingerprint density at radius 1 is 1.10 bits per heavy atom. The van der Waals surface area contributed by atoms with Gasteiger partial charge in [0.25, 0.3) is 0 Å². The zero-order valence-electron chi connectivity index (χ0n) is 11.7. The Bertz CT molecular complexity index is 674. The van der Waals surface area contributed by atoms with Crippen LogP contribution < -0.4 is 11.1 Å². The molecule has 1 aliphatic heterocycles. The summed E-state index contributed by atoms with van der Waals surface area (Å²) >= 11 is 0. The topological polar surface area (TPSA) is 55.1 Å². The molecule has 3 nitrogen and oxygen atoms in total. The largest absolute Gasteiger partial charge is 0.325 e. The molecule has 3 rings (SSSR count). The van der Waals surface area contributed by atoms with Gasteiger partial charge < -0.3 is 11.1 Å². The van der Waals surface area contributed by atoms with Crippen LogP contribution in [0.3, 0.4) is 0 Å². The number of aryl methyl sites for hydroxylation is 2. The van der Waals surface area contributed by atoms with Crippen molar-refractivity contribution in [3.8, 4) is 0 Å². The lowest BCUT2D eigenvalue weighted by molar-refractivity contribution is -0.115. The van der Waals surface area contributed by atoms with Gasteiger partial charge in [0.15, 0.2) is 0 Å². The molecule has 0 spiro atoms. The molecule has 2 aromatic rings. The van der Waals surface area contributed by atoms with E-state index < -0.39 is 0 Å². The van der Waals surface area contributed by atoms with E-state index in [2.05, 4.69) is 36.5 Å². The summed E-state index contributed by atoms with van der Waals surface area (Å²) in [6.45, 7) is 4.09. The first-order valence-corrected chi connectivity index (χ1v) is 6.80. The summed E-state index contributed by atoms with van der Waals surface area (Å²) in [5.41, 5.74) is 12.8. The van der Waals surface area contributed by atoms with E-state index in [0.29, 0.717) is 6.42 Å². The molecular weight excluding hydrogens is 248 g/mol. The summed E-state index contributed by atoms with van der Waals surface area (Å²) < 4.78 is 0. The van der Waals surface area contributed by atoms with Gasteiger partial charge in [0, 0.05) is 5.69 Å². The second kappa shape index (κ2) is 4.76. The van der Waals surface area contributed by atoms with Gasteiger partial charge >= 0.3 is 0 Å². The van der Waals surface area contributed by atoms with E-state index in [0.717, 1.165) is 27.9 Å². The van der Waals surface area contributed by atoms with Crippen molar-refractivity contribution in [2.75, 3.05) is 5.32 Å². The molecule has 1 amide bonds. The third kappa shape index (κ3) is 2.21. The lowest BCUT2D eigenvalue weighted by Crippen LogP contribution is -2.14. The van der Waals surface area contributed by atoms with Crippen molar-refractivity contribution in [3.63, 3.8) is 0 Å². The lowest BCUT2D eigenvalue weighted by Gasteiger charge is -2.17. The number of amides is 1. The number of hydrogen-bond acceptors (Lipinski definition) is 2. The Morgan fingerprint density at radius 3 is 2.50 bits per heavy atom. The standard InChI is InChI=1S/C17H18N2O/c1-10-3-5-12(6-4-10)16(18)14-8-11(2)7-13-9-15(20)19-17(13)14/h3-8,16H,9,18H2,1-2H3,(H,19,20). The Morgan fingerprint density at radius 2 is 1.80 bits per heavy atom. The average Bonchev–Trinajstić information content (AvgIpc) is 2.78. The van der Waals surface area contributed by atoms with E-state index in [1.54, 1.807) is 0 Å². The molecule has 2 aromatic carbocycles. The minimum Gasteiger partial charge on any atom is -0.325 e. The molecule has 0 bridgehead atoms. The summed E-state index contributed by atoms with van der Waals surface area (Å²) in [5, 5.41) is 2.94. The van der Waals surface area contributed by atoms with Crippen molar-refractivity contribution in [1.82, 2.24) is 0 Å². The predicted molar refractivity (Wildman–Crippen MR) is 80.7 cm³/mol. The molecule has 0 saturated heterocycles. The van der Waals surface area contributed by atoms with Gasteiger partial charge in [-0.05, 0) is 30.5 Å². The van der Waals surface area contributed by atoms with Crippen molar-refractivity contribution in [1.29, 1.82) is 0 Å². The van der Waals surface area contributed by atoms with E-state index >= 15 is 0 Å². The van der Waals surface area contributed by atoms with Crippen LogP contribution in [0.15, 0.2) is 36.4 Å². The van der Waals surface area contributed by atoms with Gasteiger partial charge in [-0.15, -0.1) is 0 Å². The minimum atomic E-state index is -0.220. The van der Waals surface area contributed by atoms with Gasteiger partial charge in [-0.3, -0.25) is 4.79 Å². The second-order valence-electron chi connectivity index (χ2n) is 5.50. The molecule has 0 aromatic heterocycles. The number of carbonyl (C=O) groups is 1. The zero-order chi connectivity index (χ0) is 14.3. The Kier molecular flexibility index (Phi) is 3.07. The minimum absolute atomic E-state index is 0.0444. The van der Waals surface area contributed by atoms with Crippen LogP contribution in [0.1, 0.15) is 33.9 Å². The van der Waals surface area contributed by atoms with Gasteiger partial charge in [-0.25, -0.2) is 0 Å². The molecule has 3 heteroatoms. The summed E-state index contributed by atoms with van der Waals surface area (Å²) in [5.74, 6) is 0.0444. The van der Waals surface area contributed by atoms with E-state index in [4.69, 9.17) is 5.73 Å². The van der Waals surface area contributed by atoms with Crippen LogP contribution in [0.5, 0.6) is 0 Å². The highest BCUT2D eigenvalue weighted by molar-refractivity contribution is 6.00. The molecule has 0 radical (unpaired) electrons. The van der Waals surface area contributed by atoms with Crippen molar-refractivity contribution >= 4 is 11.6 Å². The van der Waals surface area contributed by atoms with Gasteiger partial charge in [0.05, 0.1) is 12.5 Å². The van der Waals surface area contributed by atoms with Crippen LogP contribution in [0.4, 0.5) is 5.69 Å². The molecule has 0 saturated carbocycles. The summed E-state index contributed by atoms with van der Waals surface area (Å²) in [6, 6.07) is 12.1. The highest BCUT2D eigenvalue weighted by Crippen LogP contribution is 2.34. The molecule has 20 heavy (non-hydrogen) atoms. The van der Waals surface area contributed by atoms with E-state index in [1.165, 1.54) is 5.56 Å². The van der Waals surface area contributed by atoms with Gasteiger partial charge in [0.2, 0.25) is 5.91 Å². The normalized spacial score (nSPS) is 14.8. The fourth-order valence-electron chi connectivity index (χ4n) is 2.74. The highest BCUT2D eigenvalue weighted by atomic mass is 16.1. The Hall–Kier alpha value is -2.13. The number of nitrogens with one attached hydrogen (secondary N) is 1. The summed E-state index contributed by atoms with van der Waals surface area (Å²) in [4.78, 5) is 11.6. The molecule has 102 valence electrons. The first kappa shape index (κ1) is 12.9. The number of nitrogens with two attached hydrogens (primary N) is 1. The molecule has 1 atom stereocenters. The third-order valence-electron chi connectivity index (χ3n) is 3.78. The summed E-state index contributed by atoms with van der Waals surface area (Å²) in [6.07, 6.45) is 0.449. The van der Waals surface area contributed by atoms with Crippen LogP contribution in [-0.4, -0.2) is 5.91 Å². The SMILES string of the molecule is Cc1ccc(C(N)c2cc(C)cc3c2NC(=O)C3)cc1. The smallest absolute Gasteiger partial charge is 0.228 e. The van der Waals surface area contributed by atoms with Crippen molar-refractivity contribution < 1.29 is 4.79 Å². The van der Waals surface area contributed by atoms with Crippen molar-refractivity contribution in [2.24, 2.45) is 5.73 Å². The molecule has 3 N–H and O–H groups in total. The maximum atomic E-state index is 11.6. The number of fused-ring (bicyclic) bond motifs is 1. The molecular formula is C17H18N2O. The average molecular weight is 266 g/mol. The predicted octanol–water partition coefficient (Wildman–Crippen LogP) is 2.85. The first-order valence-electron chi connectivity index (χ1n) is 6.80. The number of anilines is 1. The fourth-order valence-corrected chi connectivity index (χ4v) is 2.74. The molecule has 0 aliphatic carbocycles. The molecule has 1 unspecified atom stereocenters. The second-order valence-corrected chi connectivity index (χ2v) is 5.50. The zero-order valence-corrected chi connectivity index (χ0v) is 11.7. The number of rotatable bonds is 2. The fraction of sp³-hybridized carbons (Fsp3) is 0.235. The van der Waals surface area contributed by atoms with Crippen LogP contribution >= 0.6 is 0 Å². The maximum absolute atomic E-state index is 11.6. The van der Waals surface area contributed by atoms with Crippen molar-refractivity contribution in [2.45, 2.75) is 26.3 Å². The first-order chi connectivity index (χ1) is 9.54. The van der Waals surface area contributed by atoms with Crippen LogP contribution in [0.2, 0.25) is 0 Å². The van der Waals surface area contributed by atoms with Crippen LogP contribution in [0, 0.1) is 13.8 Å². The van der Waals surface area contributed by atoms with Gasteiger partial charge in [0.1, 0.15) is 0 Å². The Labute approximate surface area is 118 Å². The summed E-state index contributed by atoms with van der Waals surface area (Å²) in [7, 11) is 0. The van der Waals surface area contributed by atoms with Crippen LogP contribution in [-0.2, 0) is 11.2 Å². The van der Waals surface area contributed by atoms with E-state index in [-0.39, 0.29) is 11.9 Å². The Balaban J connectivity index is 2.06. The van der Waals surface area contributed by atoms with Crippen molar-refractivity contribution in [3.05, 3.63) is 64.2 Å². The van der Waals surface area contributed by atoms with Gasteiger partial charge in [-0.2, -0.15) is 0 Å². The van der Waals surface area contributed by atoms with E-state index in [1.807, 2.05) is 19.1 Å². The number of benzene rings is 2. The quantitative estimate of drug-likeness (QED) is 0.878. The molecule has 1 heterocycles. The molecule has 1 aliphatic rings.